The lowest BCUT2D eigenvalue weighted by Crippen LogP contribution is -2.28. The number of aromatic hydroxyl groups is 1. The molecule has 0 radical (unpaired) electrons. The van der Waals surface area contributed by atoms with Crippen molar-refractivity contribution in [1.29, 1.82) is 0 Å². The molecule has 5 nitrogen and oxygen atoms in total. The number of anilines is 1. The summed E-state index contributed by atoms with van der Waals surface area (Å²) in [5.41, 5.74) is 6.02. The van der Waals surface area contributed by atoms with Crippen molar-refractivity contribution in [3.63, 3.8) is 0 Å². The first-order valence-electron chi connectivity index (χ1n) is 6.10. The van der Waals surface area contributed by atoms with Crippen molar-refractivity contribution >= 4 is 15.7 Å². The molecule has 0 fully saturated rings. The Morgan fingerprint density at radius 2 is 1.90 bits per heavy atom. The van der Waals surface area contributed by atoms with Crippen molar-refractivity contribution in [3.05, 3.63) is 53.8 Å². The van der Waals surface area contributed by atoms with Crippen LogP contribution in [0.5, 0.6) is 5.75 Å². The summed E-state index contributed by atoms with van der Waals surface area (Å²) in [7, 11) is -2.74. The first-order chi connectivity index (χ1) is 9.82. The van der Waals surface area contributed by atoms with Crippen LogP contribution >= 0.6 is 0 Å². The molecule has 0 saturated heterocycles. The predicted octanol–water partition coefficient (Wildman–Crippen LogP) is 1.93. The Bertz CT molecular complexity index is 742. The SMILES string of the molecule is CN(Cc1cccc(O)c1)S(=O)(=O)c1c(N)cccc1F. The molecule has 3 N–H and O–H groups in total. The van der Waals surface area contributed by atoms with E-state index in [0.29, 0.717) is 5.56 Å². The van der Waals surface area contributed by atoms with E-state index >= 15 is 0 Å². The van der Waals surface area contributed by atoms with Gasteiger partial charge in [0.25, 0.3) is 0 Å². The molecule has 21 heavy (non-hydrogen) atoms. The lowest BCUT2D eigenvalue weighted by atomic mass is 10.2. The molecule has 2 rings (SSSR count). The fourth-order valence-corrected chi connectivity index (χ4v) is 3.26. The van der Waals surface area contributed by atoms with Crippen molar-refractivity contribution in [3.8, 4) is 5.75 Å². The van der Waals surface area contributed by atoms with Gasteiger partial charge >= 0.3 is 0 Å². The van der Waals surface area contributed by atoms with Crippen LogP contribution in [-0.4, -0.2) is 24.9 Å². The van der Waals surface area contributed by atoms with Crippen LogP contribution in [0.3, 0.4) is 0 Å². The third-order valence-electron chi connectivity index (χ3n) is 2.98. The zero-order valence-corrected chi connectivity index (χ0v) is 12.1. The Balaban J connectivity index is 2.35. The second-order valence-corrected chi connectivity index (χ2v) is 6.57. The average molecular weight is 310 g/mol. The number of sulfonamides is 1. The summed E-state index contributed by atoms with van der Waals surface area (Å²) in [5, 5.41) is 9.39. The third kappa shape index (κ3) is 3.14. The number of hydrogen-bond donors (Lipinski definition) is 2. The van der Waals surface area contributed by atoms with Crippen molar-refractivity contribution in [1.82, 2.24) is 4.31 Å². The van der Waals surface area contributed by atoms with E-state index in [4.69, 9.17) is 5.73 Å². The van der Waals surface area contributed by atoms with Gasteiger partial charge in [0.2, 0.25) is 10.0 Å². The van der Waals surface area contributed by atoms with E-state index < -0.39 is 20.7 Å². The highest BCUT2D eigenvalue weighted by Gasteiger charge is 2.27. The molecule has 0 unspecified atom stereocenters. The van der Waals surface area contributed by atoms with Gasteiger partial charge in [-0.25, -0.2) is 12.8 Å². The molecule has 0 aromatic heterocycles. The largest absolute Gasteiger partial charge is 0.508 e. The number of phenolic OH excluding ortho intramolecular Hbond substituents is 1. The summed E-state index contributed by atoms with van der Waals surface area (Å²) >= 11 is 0. The summed E-state index contributed by atoms with van der Waals surface area (Å²) in [6, 6.07) is 9.91. The molecular formula is C14H15FN2O3S. The van der Waals surface area contributed by atoms with Gasteiger partial charge in [0.15, 0.2) is 0 Å². The maximum absolute atomic E-state index is 13.8. The monoisotopic (exact) mass is 310 g/mol. The van der Waals surface area contributed by atoms with E-state index in [0.717, 1.165) is 10.4 Å². The van der Waals surface area contributed by atoms with Gasteiger partial charge < -0.3 is 10.8 Å². The summed E-state index contributed by atoms with van der Waals surface area (Å²) in [5.74, 6) is -0.860. The standard InChI is InChI=1S/C14H15FN2O3S/c1-17(9-10-4-2-5-11(18)8-10)21(19,20)14-12(15)6-3-7-13(14)16/h2-8,18H,9,16H2,1H3. The molecular weight excluding hydrogens is 295 g/mol. The summed E-state index contributed by atoms with van der Waals surface area (Å²) in [6.45, 7) is -0.00942. The Morgan fingerprint density at radius 1 is 1.24 bits per heavy atom. The molecule has 0 aliphatic rings. The molecule has 0 atom stereocenters. The van der Waals surface area contributed by atoms with E-state index in [2.05, 4.69) is 0 Å². The van der Waals surface area contributed by atoms with Gasteiger partial charge in [-0.15, -0.1) is 0 Å². The minimum Gasteiger partial charge on any atom is -0.508 e. The van der Waals surface area contributed by atoms with Crippen LogP contribution in [0.1, 0.15) is 5.56 Å². The Hall–Kier alpha value is -2.12. The fraction of sp³-hybridized carbons (Fsp3) is 0.143. The molecule has 0 amide bonds. The zero-order chi connectivity index (χ0) is 15.6. The summed E-state index contributed by atoms with van der Waals surface area (Å²) < 4.78 is 39.6. The smallest absolute Gasteiger partial charge is 0.248 e. The number of halogens is 1. The third-order valence-corrected chi connectivity index (χ3v) is 4.88. The maximum Gasteiger partial charge on any atom is 0.248 e. The van der Waals surface area contributed by atoms with Crippen LogP contribution in [0.2, 0.25) is 0 Å². The molecule has 112 valence electrons. The molecule has 0 saturated carbocycles. The molecule has 0 spiro atoms. The van der Waals surface area contributed by atoms with Gasteiger partial charge in [0, 0.05) is 13.6 Å². The van der Waals surface area contributed by atoms with Crippen molar-refractivity contribution in [2.75, 3.05) is 12.8 Å². The van der Waals surface area contributed by atoms with Crippen molar-refractivity contribution in [2.45, 2.75) is 11.4 Å². The van der Waals surface area contributed by atoms with Crippen molar-refractivity contribution in [2.24, 2.45) is 0 Å². The Morgan fingerprint density at radius 3 is 2.52 bits per heavy atom. The fourth-order valence-electron chi connectivity index (χ4n) is 1.95. The molecule has 0 heterocycles. The quantitative estimate of drug-likeness (QED) is 0.845. The first kappa shape index (κ1) is 15.3. The van der Waals surface area contributed by atoms with E-state index in [1.165, 1.54) is 31.3 Å². The van der Waals surface area contributed by atoms with E-state index in [1.54, 1.807) is 12.1 Å². The maximum atomic E-state index is 13.8. The minimum absolute atomic E-state index is 0.00942. The second kappa shape index (κ2) is 5.71. The van der Waals surface area contributed by atoms with Gasteiger partial charge in [0.1, 0.15) is 16.5 Å². The van der Waals surface area contributed by atoms with E-state index in [1.807, 2.05) is 0 Å². The highest BCUT2D eigenvalue weighted by Crippen LogP contribution is 2.25. The number of benzene rings is 2. The van der Waals surface area contributed by atoms with E-state index in [-0.39, 0.29) is 18.0 Å². The van der Waals surface area contributed by atoms with Gasteiger partial charge in [-0.05, 0) is 29.8 Å². The zero-order valence-electron chi connectivity index (χ0n) is 11.3. The van der Waals surface area contributed by atoms with Crippen LogP contribution in [0.4, 0.5) is 10.1 Å². The number of rotatable bonds is 4. The molecule has 7 heteroatoms. The summed E-state index contributed by atoms with van der Waals surface area (Å²) in [6.07, 6.45) is 0. The van der Waals surface area contributed by atoms with Gasteiger partial charge in [0.05, 0.1) is 5.69 Å². The number of nitrogens with zero attached hydrogens (tertiary/aromatic N) is 1. The molecule has 2 aromatic rings. The lowest BCUT2D eigenvalue weighted by molar-refractivity contribution is 0.454. The highest BCUT2D eigenvalue weighted by molar-refractivity contribution is 7.89. The number of nitrogen functional groups attached to an aromatic ring is 1. The van der Waals surface area contributed by atoms with Crippen LogP contribution in [-0.2, 0) is 16.6 Å². The van der Waals surface area contributed by atoms with Gasteiger partial charge in [-0.3, -0.25) is 0 Å². The van der Waals surface area contributed by atoms with Crippen LogP contribution in [0.15, 0.2) is 47.4 Å². The summed E-state index contributed by atoms with van der Waals surface area (Å²) in [4.78, 5) is -0.535. The Kier molecular flexibility index (Phi) is 4.15. The average Bonchev–Trinajstić information content (AvgIpc) is 2.38. The Labute approximate surface area is 122 Å². The first-order valence-corrected chi connectivity index (χ1v) is 7.54. The van der Waals surface area contributed by atoms with Crippen LogP contribution < -0.4 is 5.73 Å². The van der Waals surface area contributed by atoms with Crippen molar-refractivity contribution < 1.29 is 17.9 Å². The van der Waals surface area contributed by atoms with Gasteiger partial charge in [-0.1, -0.05) is 18.2 Å². The molecule has 0 bridgehead atoms. The number of nitrogens with two attached hydrogens (primary N) is 1. The predicted molar refractivity (Wildman–Crippen MR) is 77.6 cm³/mol. The highest BCUT2D eigenvalue weighted by atomic mass is 32.2. The normalized spacial score (nSPS) is 11.8. The second-order valence-electron chi connectivity index (χ2n) is 4.59. The molecule has 2 aromatic carbocycles. The van der Waals surface area contributed by atoms with Crippen LogP contribution in [0.25, 0.3) is 0 Å². The van der Waals surface area contributed by atoms with E-state index in [9.17, 15) is 17.9 Å². The number of phenols is 1. The number of hydrogen-bond acceptors (Lipinski definition) is 4. The minimum atomic E-state index is -4.06. The lowest BCUT2D eigenvalue weighted by Gasteiger charge is -2.19. The molecule has 0 aliphatic carbocycles. The van der Waals surface area contributed by atoms with Gasteiger partial charge in [-0.2, -0.15) is 4.31 Å². The van der Waals surface area contributed by atoms with Crippen LogP contribution in [0, 0.1) is 5.82 Å². The topological polar surface area (TPSA) is 83.6 Å². The molecule has 0 aliphatic heterocycles.